The van der Waals surface area contributed by atoms with E-state index in [1.165, 1.54) is 11.3 Å². The molecule has 24 heavy (non-hydrogen) atoms. The first-order valence-electron chi connectivity index (χ1n) is 8.52. The van der Waals surface area contributed by atoms with E-state index in [0.717, 1.165) is 44.3 Å². The summed E-state index contributed by atoms with van der Waals surface area (Å²) in [7, 11) is 7.61. The van der Waals surface area contributed by atoms with Crippen molar-refractivity contribution in [3.05, 3.63) is 17.0 Å². The zero-order valence-electron chi connectivity index (χ0n) is 16.3. The van der Waals surface area contributed by atoms with Crippen LogP contribution in [0.4, 0.5) is 0 Å². The van der Waals surface area contributed by atoms with Gasteiger partial charge in [-0.3, -0.25) is 9.67 Å². The molecule has 0 aliphatic heterocycles. The van der Waals surface area contributed by atoms with Gasteiger partial charge in [-0.25, -0.2) is 0 Å². The molecule has 0 amide bonds. The van der Waals surface area contributed by atoms with E-state index in [1.807, 2.05) is 11.7 Å². The van der Waals surface area contributed by atoms with Gasteiger partial charge >= 0.3 is 0 Å². The summed E-state index contributed by atoms with van der Waals surface area (Å²) in [6.07, 6.45) is 0.931. The quantitative estimate of drug-likeness (QED) is 0.513. The summed E-state index contributed by atoms with van der Waals surface area (Å²) in [5, 5.41) is 11.3. The highest BCUT2D eigenvalue weighted by Crippen LogP contribution is 2.13. The van der Waals surface area contributed by atoms with Crippen LogP contribution in [-0.4, -0.2) is 74.1 Å². The number of hydrogen-bond acceptors (Lipinski definition) is 4. The lowest BCUT2D eigenvalue weighted by atomic mass is 10.1. The van der Waals surface area contributed by atoms with Crippen LogP contribution in [0.2, 0.25) is 0 Å². The van der Waals surface area contributed by atoms with Crippen LogP contribution in [0.3, 0.4) is 0 Å². The fourth-order valence-electron chi connectivity index (χ4n) is 2.62. The summed E-state index contributed by atoms with van der Waals surface area (Å²) in [5.74, 6) is 0.835. The van der Waals surface area contributed by atoms with Crippen molar-refractivity contribution in [3.63, 3.8) is 0 Å². The van der Waals surface area contributed by atoms with Crippen molar-refractivity contribution in [3.8, 4) is 0 Å². The van der Waals surface area contributed by atoms with Gasteiger partial charge in [0.05, 0.1) is 12.3 Å². The monoisotopic (exact) mass is 338 g/mol. The van der Waals surface area contributed by atoms with E-state index in [4.69, 9.17) is 4.74 Å². The first-order chi connectivity index (χ1) is 11.4. The molecule has 1 aromatic rings. The second kappa shape index (κ2) is 10.3. The van der Waals surface area contributed by atoms with Gasteiger partial charge in [0, 0.05) is 52.6 Å². The molecule has 0 spiro atoms. The third-order valence-corrected chi connectivity index (χ3v) is 4.24. The van der Waals surface area contributed by atoms with Gasteiger partial charge in [0.1, 0.15) is 0 Å². The van der Waals surface area contributed by atoms with Gasteiger partial charge in [-0.1, -0.05) is 0 Å². The van der Waals surface area contributed by atoms with E-state index in [2.05, 4.69) is 53.4 Å². The lowest BCUT2D eigenvalue weighted by Crippen LogP contribution is -2.45. The molecular weight excluding hydrogens is 304 g/mol. The van der Waals surface area contributed by atoms with Gasteiger partial charge in [0.2, 0.25) is 0 Å². The lowest BCUT2D eigenvalue weighted by molar-refractivity contribution is 0.162. The van der Waals surface area contributed by atoms with Crippen molar-refractivity contribution in [2.75, 3.05) is 47.4 Å². The third-order valence-electron chi connectivity index (χ3n) is 4.24. The Balaban J connectivity index is 2.42. The average molecular weight is 339 g/mol. The fraction of sp³-hybridized carbons (Fsp3) is 0.765. The Labute approximate surface area is 146 Å². The maximum absolute atomic E-state index is 5.09. The summed E-state index contributed by atoms with van der Waals surface area (Å²) in [6, 6.07) is 0.282. The summed E-state index contributed by atoms with van der Waals surface area (Å²) in [5.41, 5.74) is 3.64. The highest BCUT2D eigenvalue weighted by atomic mass is 16.5. The minimum atomic E-state index is 0.282. The molecule has 0 aliphatic carbocycles. The van der Waals surface area contributed by atoms with E-state index in [0.29, 0.717) is 0 Å². The number of nitrogens with zero attached hydrogens (tertiary/aromatic N) is 4. The zero-order chi connectivity index (χ0) is 18.1. The number of rotatable bonds is 9. The molecule has 7 heteroatoms. The van der Waals surface area contributed by atoms with Crippen LogP contribution in [0, 0.1) is 13.8 Å². The van der Waals surface area contributed by atoms with Gasteiger partial charge in [-0.2, -0.15) is 5.10 Å². The van der Waals surface area contributed by atoms with Crippen LogP contribution >= 0.6 is 0 Å². The largest absolute Gasteiger partial charge is 0.383 e. The molecule has 0 bridgehead atoms. The molecule has 1 atom stereocenters. The Morgan fingerprint density at radius 1 is 1.38 bits per heavy atom. The van der Waals surface area contributed by atoms with Gasteiger partial charge in [0.25, 0.3) is 0 Å². The molecule has 0 saturated heterocycles. The minimum absolute atomic E-state index is 0.282. The van der Waals surface area contributed by atoms with Gasteiger partial charge in [0.15, 0.2) is 5.96 Å². The number of methoxy groups -OCH3 is 1. The number of aromatic nitrogens is 2. The Hall–Kier alpha value is -1.60. The van der Waals surface area contributed by atoms with Crippen molar-refractivity contribution >= 4 is 5.96 Å². The van der Waals surface area contributed by atoms with Crippen LogP contribution in [0.1, 0.15) is 23.9 Å². The van der Waals surface area contributed by atoms with Gasteiger partial charge in [-0.05, 0) is 39.8 Å². The minimum Gasteiger partial charge on any atom is -0.383 e. The summed E-state index contributed by atoms with van der Waals surface area (Å²) in [6.45, 7) is 9.83. The predicted molar refractivity (Wildman–Crippen MR) is 99.7 cm³/mol. The van der Waals surface area contributed by atoms with E-state index >= 15 is 0 Å². The molecule has 0 saturated carbocycles. The Bertz CT molecular complexity index is 525. The van der Waals surface area contributed by atoms with Crippen molar-refractivity contribution < 1.29 is 4.74 Å². The average Bonchev–Trinajstić information content (AvgIpc) is 2.78. The van der Waals surface area contributed by atoms with Crippen molar-refractivity contribution in [1.82, 2.24) is 25.3 Å². The molecule has 7 nitrogen and oxygen atoms in total. The van der Waals surface area contributed by atoms with Gasteiger partial charge < -0.3 is 20.3 Å². The van der Waals surface area contributed by atoms with Gasteiger partial charge in [-0.15, -0.1) is 0 Å². The smallest absolute Gasteiger partial charge is 0.191 e. The molecule has 0 radical (unpaired) electrons. The van der Waals surface area contributed by atoms with Crippen LogP contribution in [-0.2, 0) is 18.2 Å². The number of hydrogen-bond donors (Lipinski definition) is 2. The summed E-state index contributed by atoms with van der Waals surface area (Å²) >= 11 is 0. The van der Waals surface area contributed by atoms with Crippen LogP contribution in [0.5, 0.6) is 0 Å². The van der Waals surface area contributed by atoms with Crippen molar-refractivity contribution in [2.24, 2.45) is 12.0 Å². The predicted octanol–water partition coefficient (Wildman–Crippen LogP) is 0.711. The second-order valence-electron chi connectivity index (χ2n) is 6.32. The number of guanidine groups is 1. The summed E-state index contributed by atoms with van der Waals surface area (Å²) < 4.78 is 7.03. The van der Waals surface area contributed by atoms with Crippen LogP contribution in [0.25, 0.3) is 0 Å². The maximum Gasteiger partial charge on any atom is 0.191 e. The fourth-order valence-corrected chi connectivity index (χ4v) is 2.62. The number of aryl methyl sites for hydroxylation is 2. The Morgan fingerprint density at radius 2 is 2.08 bits per heavy atom. The molecule has 1 aromatic heterocycles. The molecule has 0 fully saturated rings. The highest BCUT2D eigenvalue weighted by Gasteiger charge is 2.13. The van der Waals surface area contributed by atoms with Crippen molar-refractivity contribution in [2.45, 2.75) is 33.2 Å². The van der Waals surface area contributed by atoms with E-state index in [9.17, 15) is 0 Å². The normalized spacial score (nSPS) is 13.4. The SMILES string of the molecule is CN=C(NCCN(C)CCOC)NC(C)Cc1c(C)nn(C)c1C. The molecule has 1 unspecified atom stereocenters. The lowest BCUT2D eigenvalue weighted by Gasteiger charge is -2.20. The molecule has 0 aliphatic rings. The topological polar surface area (TPSA) is 66.7 Å². The molecule has 2 N–H and O–H groups in total. The van der Waals surface area contributed by atoms with E-state index in [-0.39, 0.29) is 6.04 Å². The molecule has 1 heterocycles. The first kappa shape index (κ1) is 20.4. The number of aliphatic imine (C=N–C) groups is 1. The van der Waals surface area contributed by atoms with Crippen molar-refractivity contribution in [1.29, 1.82) is 0 Å². The molecular formula is C17H34N6O. The Morgan fingerprint density at radius 3 is 2.62 bits per heavy atom. The zero-order valence-corrected chi connectivity index (χ0v) is 16.3. The molecule has 138 valence electrons. The first-order valence-corrected chi connectivity index (χ1v) is 8.52. The molecule has 1 rings (SSSR count). The van der Waals surface area contributed by atoms with Crippen LogP contribution in [0.15, 0.2) is 4.99 Å². The maximum atomic E-state index is 5.09. The van der Waals surface area contributed by atoms with E-state index < -0.39 is 0 Å². The highest BCUT2D eigenvalue weighted by molar-refractivity contribution is 5.79. The molecule has 0 aromatic carbocycles. The standard InChI is InChI=1S/C17H34N6O/c1-13(12-16-14(2)21-23(6)15(16)3)20-17(18-4)19-8-9-22(5)10-11-24-7/h13H,8-12H2,1-7H3,(H2,18,19,20). The number of nitrogens with one attached hydrogen (secondary N) is 2. The van der Waals surface area contributed by atoms with E-state index in [1.54, 1.807) is 14.2 Å². The number of likely N-dealkylation sites (N-methyl/N-ethyl adjacent to an activating group) is 1. The summed E-state index contributed by atoms with van der Waals surface area (Å²) in [4.78, 5) is 6.54. The number of ether oxygens (including phenoxy) is 1. The Kier molecular flexibility index (Phi) is 8.78. The third kappa shape index (κ3) is 6.49. The second-order valence-corrected chi connectivity index (χ2v) is 6.32. The van der Waals surface area contributed by atoms with Crippen LogP contribution < -0.4 is 10.6 Å².